The predicted octanol–water partition coefficient (Wildman–Crippen LogP) is 2.64. The molecule has 24 heavy (non-hydrogen) atoms. The molecule has 126 valence electrons. The van der Waals surface area contributed by atoms with Crippen molar-refractivity contribution in [1.82, 2.24) is 19.5 Å². The van der Waals surface area contributed by atoms with Gasteiger partial charge in [0.2, 0.25) is 10.0 Å². The summed E-state index contributed by atoms with van der Waals surface area (Å²) in [5, 5.41) is 5.05. The summed E-state index contributed by atoms with van der Waals surface area (Å²) in [4.78, 5) is 5.48. The van der Waals surface area contributed by atoms with E-state index in [-0.39, 0.29) is 11.4 Å². The minimum absolute atomic E-state index is 0.243. The minimum atomic E-state index is -3.56. The molecule has 0 spiro atoms. The first-order valence-corrected chi connectivity index (χ1v) is 9.68. The predicted molar refractivity (Wildman–Crippen MR) is 94.3 cm³/mol. The van der Waals surface area contributed by atoms with Crippen LogP contribution in [0.25, 0.3) is 11.3 Å². The van der Waals surface area contributed by atoms with E-state index in [0.717, 1.165) is 26.8 Å². The molecule has 0 saturated carbocycles. The highest BCUT2D eigenvalue weighted by Crippen LogP contribution is 2.21. The molecule has 6 nitrogen and oxygen atoms in total. The van der Waals surface area contributed by atoms with Crippen LogP contribution in [0.3, 0.4) is 0 Å². The van der Waals surface area contributed by atoms with Crippen molar-refractivity contribution >= 4 is 21.4 Å². The highest BCUT2D eigenvalue weighted by Gasteiger charge is 2.16. The van der Waals surface area contributed by atoms with Crippen LogP contribution in [0, 0.1) is 13.8 Å². The standard InChI is InChI=1S/C16H18N4O2S2/c1-11-16(23-12(2)19-11)10-18-24(21,22)14-6-4-13(5-7-14)15-8-9-17-20(15)3/h4-9,18H,10H2,1-3H3. The molecule has 0 radical (unpaired) electrons. The van der Waals surface area contributed by atoms with Crippen molar-refractivity contribution in [3.8, 4) is 11.3 Å². The summed E-state index contributed by atoms with van der Waals surface area (Å²) in [6.45, 7) is 4.05. The summed E-state index contributed by atoms with van der Waals surface area (Å²) < 4.78 is 29.3. The van der Waals surface area contributed by atoms with Crippen molar-refractivity contribution in [1.29, 1.82) is 0 Å². The first kappa shape index (κ1) is 16.8. The number of nitrogens with one attached hydrogen (secondary N) is 1. The van der Waals surface area contributed by atoms with Crippen LogP contribution in [-0.2, 0) is 23.6 Å². The summed E-state index contributed by atoms with van der Waals surface area (Å²) >= 11 is 1.50. The van der Waals surface area contributed by atoms with Gasteiger partial charge in [0.05, 0.1) is 21.3 Å². The Morgan fingerprint density at radius 2 is 1.88 bits per heavy atom. The molecule has 3 aromatic rings. The summed E-state index contributed by atoms with van der Waals surface area (Å²) in [6.07, 6.45) is 1.71. The Hall–Kier alpha value is -2.03. The Bertz CT molecular complexity index is 956. The Morgan fingerprint density at radius 3 is 2.42 bits per heavy atom. The summed E-state index contributed by atoms with van der Waals surface area (Å²) in [5.41, 5.74) is 2.72. The Morgan fingerprint density at radius 1 is 1.17 bits per heavy atom. The fraction of sp³-hybridized carbons (Fsp3) is 0.250. The van der Waals surface area contributed by atoms with Crippen LogP contribution in [0.1, 0.15) is 15.6 Å². The van der Waals surface area contributed by atoms with Gasteiger partial charge in [-0.25, -0.2) is 18.1 Å². The van der Waals surface area contributed by atoms with Crippen molar-refractivity contribution < 1.29 is 8.42 Å². The molecule has 0 aliphatic rings. The van der Waals surface area contributed by atoms with E-state index in [1.807, 2.05) is 27.0 Å². The van der Waals surface area contributed by atoms with Crippen LogP contribution < -0.4 is 4.72 Å². The summed E-state index contributed by atoms with van der Waals surface area (Å²) in [6, 6.07) is 8.67. The van der Waals surface area contributed by atoms with Crippen molar-refractivity contribution in [2.24, 2.45) is 7.05 Å². The number of aryl methyl sites for hydroxylation is 3. The van der Waals surface area contributed by atoms with Crippen LogP contribution in [0.2, 0.25) is 0 Å². The fourth-order valence-corrected chi connectivity index (χ4v) is 4.41. The number of hydrogen-bond acceptors (Lipinski definition) is 5. The molecule has 8 heteroatoms. The summed E-state index contributed by atoms with van der Waals surface area (Å²) in [7, 11) is -1.71. The third-order valence-corrected chi connectivity index (χ3v) is 6.19. The molecule has 0 bridgehead atoms. The van der Waals surface area contributed by atoms with Crippen LogP contribution >= 0.6 is 11.3 Å². The maximum Gasteiger partial charge on any atom is 0.240 e. The molecule has 0 unspecified atom stereocenters. The monoisotopic (exact) mass is 362 g/mol. The van der Waals surface area contributed by atoms with Crippen LogP contribution in [0.5, 0.6) is 0 Å². The van der Waals surface area contributed by atoms with E-state index in [1.165, 1.54) is 11.3 Å². The van der Waals surface area contributed by atoms with E-state index in [2.05, 4.69) is 14.8 Å². The third-order valence-electron chi connectivity index (χ3n) is 3.70. The van der Waals surface area contributed by atoms with Crippen LogP contribution in [-0.4, -0.2) is 23.2 Å². The van der Waals surface area contributed by atoms with Crippen molar-refractivity contribution in [2.75, 3.05) is 0 Å². The van der Waals surface area contributed by atoms with E-state index in [1.54, 1.807) is 35.1 Å². The molecule has 1 aromatic carbocycles. The lowest BCUT2D eigenvalue weighted by atomic mass is 10.1. The summed E-state index contributed by atoms with van der Waals surface area (Å²) in [5.74, 6) is 0. The second kappa shape index (κ2) is 6.46. The number of nitrogens with zero attached hydrogens (tertiary/aromatic N) is 3. The lowest BCUT2D eigenvalue weighted by Gasteiger charge is -2.07. The molecule has 0 aliphatic heterocycles. The highest BCUT2D eigenvalue weighted by molar-refractivity contribution is 7.89. The highest BCUT2D eigenvalue weighted by atomic mass is 32.2. The molecular weight excluding hydrogens is 344 g/mol. The smallest absolute Gasteiger partial charge is 0.240 e. The molecule has 0 aliphatic carbocycles. The molecule has 0 atom stereocenters. The van der Waals surface area contributed by atoms with E-state index in [4.69, 9.17) is 0 Å². The first-order chi connectivity index (χ1) is 11.4. The number of benzene rings is 1. The van der Waals surface area contributed by atoms with Crippen LogP contribution in [0.15, 0.2) is 41.4 Å². The van der Waals surface area contributed by atoms with E-state index in [0.29, 0.717) is 0 Å². The molecule has 2 heterocycles. The zero-order valence-corrected chi connectivity index (χ0v) is 15.3. The second-order valence-corrected chi connectivity index (χ2v) is 8.49. The number of thiazole rings is 1. The van der Waals surface area contributed by atoms with Gasteiger partial charge in [0, 0.05) is 24.7 Å². The molecule has 0 amide bonds. The van der Waals surface area contributed by atoms with Gasteiger partial charge in [0.1, 0.15) is 0 Å². The topological polar surface area (TPSA) is 76.9 Å². The normalized spacial score (nSPS) is 11.8. The molecule has 1 N–H and O–H groups in total. The van der Waals surface area contributed by atoms with Gasteiger partial charge in [-0.05, 0) is 37.6 Å². The van der Waals surface area contributed by atoms with Gasteiger partial charge in [-0.3, -0.25) is 4.68 Å². The van der Waals surface area contributed by atoms with Gasteiger partial charge in [-0.2, -0.15) is 5.10 Å². The van der Waals surface area contributed by atoms with Gasteiger partial charge in [0.25, 0.3) is 0 Å². The zero-order chi connectivity index (χ0) is 17.3. The Kier molecular flexibility index (Phi) is 4.53. The first-order valence-electron chi connectivity index (χ1n) is 7.38. The van der Waals surface area contributed by atoms with Crippen molar-refractivity contribution in [2.45, 2.75) is 25.3 Å². The maximum atomic E-state index is 12.4. The fourth-order valence-electron chi connectivity index (χ4n) is 2.44. The van der Waals surface area contributed by atoms with E-state index < -0.39 is 10.0 Å². The molecule has 0 fully saturated rings. The number of rotatable bonds is 5. The third kappa shape index (κ3) is 3.40. The quantitative estimate of drug-likeness (QED) is 0.757. The molecule has 2 aromatic heterocycles. The SMILES string of the molecule is Cc1nc(C)c(CNS(=O)(=O)c2ccc(-c3ccnn3C)cc2)s1. The van der Waals surface area contributed by atoms with E-state index in [9.17, 15) is 8.42 Å². The van der Waals surface area contributed by atoms with E-state index >= 15 is 0 Å². The lowest BCUT2D eigenvalue weighted by molar-refractivity contribution is 0.581. The zero-order valence-electron chi connectivity index (χ0n) is 13.6. The largest absolute Gasteiger partial charge is 0.268 e. The van der Waals surface area contributed by atoms with Crippen molar-refractivity contribution in [3.05, 3.63) is 52.1 Å². The number of aromatic nitrogens is 3. The van der Waals surface area contributed by atoms with Gasteiger partial charge in [-0.1, -0.05) is 12.1 Å². The average Bonchev–Trinajstić information content (AvgIpc) is 3.10. The Balaban J connectivity index is 1.77. The molecular formula is C16H18N4O2S2. The lowest BCUT2D eigenvalue weighted by Crippen LogP contribution is -2.23. The molecule has 3 rings (SSSR count). The molecule has 0 saturated heterocycles. The van der Waals surface area contributed by atoms with Gasteiger partial charge >= 0.3 is 0 Å². The Labute approximate surface area is 145 Å². The van der Waals surface area contributed by atoms with Gasteiger partial charge in [0.15, 0.2) is 0 Å². The average molecular weight is 362 g/mol. The van der Waals surface area contributed by atoms with Crippen LogP contribution in [0.4, 0.5) is 0 Å². The van der Waals surface area contributed by atoms with Crippen molar-refractivity contribution in [3.63, 3.8) is 0 Å². The maximum absolute atomic E-state index is 12.4. The number of hydrogen-bond donors (Lipinski definition) is 1. The van der Waals surface area contributed by atoms with Gasteiger partial charge in [-0.15, -0.1) is 11.3 Å². The number of sulfonamides is 1. The second-order valence-electron chi connectivity index (χ2n) is 5.43. The minimum Gasteiger partial charge on any atom is -0.268 e. The van der Waals surface area contributed by atoms with Gasteiger partial charge < -0.3 is 0 Å².